The lowest BCUT2D eigenvalue weighted by molar-refractivity contribution is 1.36. The van der Waals surface area contributed by atoms with Crippen molar-refractivity contribution in [3.8, 4) is 89.0 Å². The molecule has 7 heteroatoms. The molecule has 0 saturated carbocycles. The second kappa shape index (κ2) is 31.2. The van der Waals surface area contributed by atoms with Crippen LogP contribution in [-0.4, -0.2) is 20.5 Å². The monoisotopic (exact) mass is 1480 g/mol. The minimum absolute atomic E-state index is 0.0556. The standard InChI is InChI=1S/C36H24BNS.2C36H26BN/c1-2-13-25(14-3-1)37-32-21-8-4-15-26(32)27-16-5-9-22-33(27)38(37)34-23-10-6-17-28(34)30-19-12-20-31-29-18-7-11-24-35(29)39-36(30)31;1-4-12-27(13-5-1)29-20-23-31(24-21-29)37-35-19-11-10-18-33(35)34-26-30(28-14-6-2-7-15-28)22-25-36(34)38(37)32-16-8-3-9-17-32;1-4-12-27(13-5-1)29-20-23-32(24-21-29)38-36-25-22-30(28-14-6-2-7-15-28)26-34(36)33-18-10-11-19-35(33)37(38)31-16-8-3-9-17-31/h1-24H;2*1-26H. The highest BCUT2D eigenvalue weighted by Crippen LogP contribution is 2.49. The number of para-hydroxylation sites is 3. The Morgan fingerprint density at radius 3 is 0.939 bits per heavy atom. The highest BCUT2D eigenvalue weighted by molar-refractivity contribution is 7.26. The van der Waals surface area contributed by atoms with E-state index in [1.54, 1.807) is 0 Å². The van der Waals surface area contributed by atoms with E-state index in [-0.39, 0.29) is 20.5 Å². The van der Waals surface area contributed by atoms with Crippen molar-refractivity contribution in [2.24, 2.45) is 0 Å². The van der Waals surface area contributed by atoms with Gasteiger partial charge in [0.1, 0.15) is 0 Å². The summed E-state index contributed by atoms with van der Waals surface area (Å²) in [5.74, 6) is 0. The average Bonchev–Trinajstić information content (AvgIpc) is 1.52. The normalized spacial score (nSPS) is 12.2. The van der Waals surface area contributed by atoms with Crippen LogP contribution in [0.2, 0.25) is 0 Å². The molecule has 3 aliphatic rings. The van der Waals surface area contributed by atoms with Gasteiger partial charge in [-0.3, -0.25) is 0 Å². The predicted octanol–water partition coefficient (Wildman–Crippen LogP) is 24.5. The van der Waals surface area contributed by atoms with Crippen LogP contribution in [0.4, 0.5) is 34.1 Å². The van der Waals surface area contributed by atoms with Crippen LogP contribution >= 0.6 is 11.3 Å². The van der Waals surface area contributed by atoms with E-state index in [2.05, 4.69) is 475 Å². The van der Waals surface area contributed by atoms with E-state index in [0.717, 1.165) is 0 Å². The summed E-state index contributed by atoms with van der Waals surface area (Å²) in [6, 6.07) is 167. The van der Waals surface area contributed by atoms with E-state index in [1.165, 1.54) is 176 Å². The van der Waals surface area contributed by atoms with E-state index < -0.39 is 0 Å². The Labute approximate surface area is 678 Å². The third kappa shape index (κ3) is 13.3. The second-order valence-electron chi connectivity index (χ2n) is 29.6. The molecule has 0 radical (unpaired) electrons. The van der Waals surface area contributed by atoms with Crippen LogP contribution in [0.15, 0.2) is 461 Å². The van der Waals surface area contributed by atoms with Crippen molar-refractivity contribution in [3.63, 3.8) is 0 Å². The van der Waals surface area contributed by atoms with E-state index in [0.29, 0.717) is 0 Å². The molecule has 0 unspecified atom stereocenters. The van der Waals surface area contributed by atoms with Gasteiger partial charge in [0.15, 0.2) is 0 Å². The van der Waals surface area contributed by atoms with Crippen molar-refractivity contribution < 1.29 is 0 Å². The fourth-order valence-electron chi connectivity index (χ4n) is 17.7. The van der Waals surface area contributed by atoms with Crippen molar-refractivity contribution in [3.05, 3.63) is 461 Å². The summed E-state index contributed by atoms with van der Waals surface area (Å²) >= 11 is 1.89. The van der Waals surface area contributed by atoms with Gasteiger partial charge < -0.3 is 14.4 Å². The smallest absolute Gasteiger partial charge is 0.328 e. The minimum atomic E-state index is 0.0556. The molecular formula is C108H76B3N3S. The van der Waals surface area contributed by atoms with Gasteiger partial charge in [-0.1, -0.05) is 411 Å². The minimum Gasteiger partial charge on any atom is -0.376 e. The molecule has 0 atom stereocenters. The van der Waals surface area contributed by atoms with Crippen LogP contribution in [0.3, 0.4) is 0 Å². The van der Waals surface area contributed by atoms with E-state index in [9.17, 15) is 0 Å². The quantitative estimate of drug-likeness (QED) is 0.120. The molecule has 1 aromatic heterocycles. The number of benzene rings is 18. The van der Waals surface area contributed by atoms with Gasteiger partial charge in [0, 0.05) is 82.1 Å². The fourth-order valence-corrected chi connectivity index (χ4v) is 19.0. The molecule has 0 amide bonds. The van der Waals surface area contributed by atoms with Crippen LogP contribution in [0.5, 0.6) is 0 Å². The molecule has 0 aliphatic carbocycles. The van der Waals surface area contributed by atoms with Gasteiger partial charge in [0.05, 0.1) is 0 Å². The first kappa shape index (κ1) is 69.9. The third-order valence-corrected chi connectivity index (χ3v) is 24.2. The largest absolute Gasteiger partial charge is 0.376 e. The average molecular weight is 1480 g/mol. The number of thiophene rings is 1. The topological polar surface area (TPSA) is 9.72 Å². The van der Waals surface area contributed by atoms with Gasteiger partial charge >= 0.3 is 20.5 Å². The van der Waals surface area contributed by atoms with E-state index in [4.69, 9.17) is 0 Å². The maximum atomic E-state index is 2.56. The van der Waals surface area contributed by atoms with Crippen molar-refractivity contribution in [1.29, 1.82) is 0 Å². The molecule has 22 rings (SSSR count). The van der Waals surface area contributed by atoms with Crippen LogP contribution in [0.25, 0.3) is 109 Å². The first-order chi connectivity index (χ1) is 57.1. The molecule has 19 aromatic rings. The molecule has 115 heavy (non-hydrogen) atoms. The maximum Gasteiger partial charge on any atom is 0.328 e. The van der Waals surface area contributed by atoms with E-state index in [1.807, 2.05) is 11.3 Å². The van der Waals surface area contributed by atoms with Crippen LogP contribution in [0.1, 0.15) is 0 Å². The predicted molar refractivity (Wildman–Crippen MR) is 496 cm³/mol. The Balaban J connectivity index is 0.000000112. The lowest BCUT2D eigenvalue weighted by Crippen LogP contribution is -2.57. The molecule has 3 aliphatic heterocycles. The summed E-state index contributed by atoms with van der Waals surface area (Å²) in [6.45, 7) is 0.193. The Kier molecular flexibility index (Phi) is 18.9. The molecule has 0 fully saturated rings. The first-order valence-electron chi connectivity index (χ1n) is 39.7. The van der Waals surface area contributed by atoms with Gasteiger partial charge in [-0.25, -0.2) is 0 Å². The fraction of sp³-hybridized carbons (Fsp3) is 0. The lowest BCUT2D eigenvalue weighted by atomic mass is 9.45. The van der Waals surface area contributed by atoms with Crippen LogP contribution < -0.4 is 47.2 Å². The van der Waals surface area contributed by atoms with Crippen molar-refractivity contribution >= 4 is 119 Å². The number of fused-ring (bicyclic) bond motifs is 12. The van der Waals surface area contributed by atoms with E-state index >= 15 is 0 Å². The molecule has 0 saturated heterocycles. The zero-order valence-electron chi connectivity index (χ0n) is 63.4. The number of hydrogen-bond donors (Lipinski definition) is 0. The molecular weight excluding hydrogens is 1400 g/mol. The van der Waals surface area contributed by atoms with Crippen molar-refractivity contribution in [1.82, 2.24) is 0 Å². The summed E-state index contributed by atoms with van der Waals surface area (Å²) in [7, 11) is 0. The Morgan fingerprint density at radius 2 is 0.470 bits per heavy atom. The van der Waals surface area contributed by atoms with Gasteiger partial charge in [-0.15, -0.1) is 11.3 Å². The molecule has 18 aromatic carbocycles. The maximum absolute atomic E-state index is 2.56. The zero-order valence-corrected chi connectivity index (χ0v) is 64.2. The number of hydrogen-bond acceptors (Lipinski definition) is 4. The summed E-state index contributed by atoms with van der Waals surface area (Å²) in [5.41, 5.74) is 35.2. The molecule has 4 heterocycles. The molecule has 0 N–H and O–H groups in total. The SMILES string of the molecule is c1ccc(-c2ccc(B3c4ccccc4-c4cc(-c5ccccc5)ccc4N3c3ccccc3)cc2)cc1.c1ccc(B2c3ccccc3-c3cc(-c4ccccc4)ccc3N2c2ccc(-c3ccccc3)cc2)cc1.c1ccc(B2c3ccccc3-c3ccccc3N2c2ccccc2-c2cccc3c2sc2ccccc23)cc1. The van der Waals surface area contributed by atoms with Gasteiger partial charge in [-0.2, -0.15) is 0 Å². The molecule has 3 nitrogen and oxygen atoms in total. The first-order valence-corrected chi connectivity index (χ1v) is 40.5. The Hall–Kier alpha value is -14.2. The van der Waals surface area contributed by atoms with Gasteiger partial charge in [0.2, 0.25) is 0 Å². The highest BCUT2D eigenvalue weighted by atomic mass is 32.1. The van der Waals surface area contributed by atoms with Gasteiger partial charge in [0.25, 0.3) is 0 Å². The van der Waals surface area contributed by atoms with Gasteiger partial charge in [-0.05, 0) is 144 Å². The Bertz CT molecular complexity index is 6670. The van der Waals surface area contributed by atoms with Crippen LogP contribution in [0, 0.1) is 0 Å². The van der Waals surface area contributed by atoms with Crippen LogP contribution in [-0.2, 0) is 0 Å². The summed E-state index contributed by atoms with van der Waals surface area (Å²) < 4.78 is 2.67. The summed E-state index contributed by atoms with van der Waals surface area (Å²) in [4.78, 5) is 7.58. The molecule has 538 valence electrons. The number of rotatable bonds is 11. The Morgan fingerprint density at radius 1 is 0.174 bits per heavy atom. The third-order valence-electron chi connectivity index (χ3n) is 23.0. The number of anilines is 6. The van der Waals surface area contributed by atoms with Crippen molar-refractivity contribution in [2.75, 3.05) is 14.4 Å². The lowest BCUT2D eigenvalue weighted by Gasteiger charge is -2.40. The number of nitrogens with zero attached hydrogens (tertiary/aromatic N) is 3. The highest BCUT2D eigenvalue weighted by Gasteiger charge is 2.41. The second-order valence-corrected chi connectivity index (χ2v) is 30.7. The summed E-state index contributed by atoms with van der Waals surface area (Å²) in [6.07, 6.45) is 0. The zero-order chi connectivity index (χ0) is 76.4. The molecule has 0 spiro atoms. The van der Waals surface area contributed by atoms with Crippen molar-refractivity contribution in [2.45, 2.75) is 0 Å². The molecule has 0 bridgehead atoms. The summed E-state index contributed by atoms with van der Waals surface area (Å²) in [5, 5.41) is 2.66.